The third kappa shape index (κ3) is 1.33. The Morgan fingerprint density at radius 3 is 2.08 bits per heavy atom. The van der Waals surface area contributed by atoms with Crippen molar-refractivity contribution in [2.75, 3.05) is 0 Å². The van der Waals surface area contributed by atoms with Gasteiger partial charge in [-0.3, -0.25) is 0 Å². The third-order valence-corrected chi connectivity index (χ3v) is 4.69. The zero-order chi connectivity index (χ0) is 8.28. The van der Waals surface area contributed by atoms with Gasteiger partial charge in [0.05, 0.1) is 0 Å². The molecule has 0 aromatic carbocycles. The molecule has 3 unspecified atom stereocenters. The fourth-order valence-corrected chi connectivity index (χ4v) is 3.69. The molecule has 2 heteroatoms. The van der Waals surface area contributed by atoms with Crippen LogP contribution >= 0.6 is 0 Å². The fraction of sp³-hybridized carbons (Fsp3) is 1.00. The van der Waals surface area contributed by atoms with Crippen LogP contribution in [0.3, 0.4) is 0 Å². The summed E-state index contributed by atoms with van der Waals surface area (Å²) in [5.41, 5.74) is 0.564. The quantitative estimate of drug-likeness (QED) is 0.484. The fourth-order valence-electron chi connectivity index (χ4n) is 3.18. The first-order chi connectivity index (χ1) is 4.94. The molecular weight excluding hydrogens is 260 g/mol. The minimum absolute atomic E-state index is 0. The Morgan fingerprint density at radius 2 is 1.83 bits per heavy atom. The van der Waals surface area contributed by atoms with Crippen LogP contribution in [-0.2, 0) is 35.0 Å². The molecule has 74 valence electrons. The number of rotatable bonds is 0. The van der Waals surface area contributed by atoms with Crippen LogP contribution in [0.2, 0.25) is 0 Å². The van der Waals surface area contributed by atoms with Crippen LogP contribution in [0.4, 0.5) is 0 Å². The van der Waals surface area contributed by atoms with Crippen molar-refractivity contribution in [3.8, 4) is 0 Å². The van der Waals surface area contributed by atoms with E-state index in [0.29, 0.717) is 5.41 Å². The van der Waals surface area contributed by atoms with Gasteiger partial charge >= 0.3 is 22.4 Å². The van der Waals surface area contributed by atoms with Gasteiger partial charge in [-0.2, -0.15) is 4.75 Å². The first-order valence-corrected chi connectivity index (χ1v) is 5.06. The summed E-state index contributed by atoms with van der Waals surface area (Å²) in [5.74, 6) is 1.81. The molecule has 0 aromatic rings. The molecule has 12 heavy (non-hydrogen) atoms. The maximum Gasteiger partial charge on any atom is 1.00 e. The van der Waals surface area contributed by atoms with Gasteiger partial charge in [-0.1, -0.05) is 39.5 Å². The molecule has 3 fully saturated rings. The van der Waals surface area contributed by atoms with E-state index in [9.17, 15) is 0 Å². The van der Waals surface area contributed by atoms with Gasteiger partial charge < -0.3 is 12.6 Å². The molecule has 0 heterocycles. The number of fused-ring (bicyclic) bond motifs is 2. The second kappa shape index (κ2) is 3.05. The van der Waals surface area contributed by atoms with Gasteiger partial charge in [-0.15, -0.1) is 0 Å². The van der Waals surface area contributed by atoms with Crippen LogP contribution in [0.1, 0.15) is 40.0 Å². The first-order valence-electron chi connectivity index (χ1n) is 4.65. The van der Waals surface area contributed by atoms with Crippen molar-refractivity contribution < 1.29 is 22.4 Å². The molecule has 0 amide bonds. The number of hydrogen-bond acceptors (Lipinski definition) is 1. The molecule has 0 N–H and O–H groups in total. The summed E-state index contributed by atoms with van der Waals surface area (Å²) in [6.45, 7) is 7.06. The smallest absolute Gasteiger partial charge is 0.786 e. The third-order valence-electron chi connectivity index (χ3n) is 4.20. The van der Waals surface area contributed by atoms with E-state index in [2.05, 4.69) is 20.8 Å². The summed E-state index contributed by atoms with van der Waals surface area (Å²) in [5, 5.41) is 0. The van der Waals surface area contributed by atoms with E-state index >= 15 is 0 Å². The minimum Gasteiger partial charge on any atom is -0.786 e. The second-order valence-electron chi connectivity index (χ2n) is 5.16. The van der Waals surface area contributed by atoms with E-state index in [1.54, 1.807) is 0 Å². The van der Waals surface area contributed by atoms with Gasteiger partial charge in [-0.25, -0.2) is 0 Å². The molecule has 0 radical (unpaired) electrons. The molecular formula is C10H17AgS. The van der Waals surface area contributed by atoms with E-state index in [4.69, 9.17) is 12.6 Å². The Bertz CT molecular complexity index is 176. The molecule has 3 atom stereocenters. The predicted octanol–water partition coefficient (Wildman–Crippen LogP) is 2.75. The molecule has 0 nitrogen and oxygen atoms in total. The summed E-state index contributed by atoms with van der Waals surface area (Å²) < 4.78 is 0.220. The standard InChI is InChI=1S/C10H18S.Ag/c1-9(2)7-4-5-10(3,11)8(9)6-7;/h7-8,11H,4-6H2,1-3H3;/q;+1/p-1. The summed E-state index contributed by atoms with van der Waals surface area (Å²) in [6, 6.07) is 0. The maximum atomic E-state index is 5.60. The number of hydrogen-bond donors (Lipinski definition) is 0. The Balaban J connectivity index is 0.000000720. The van der Waals surface area contributed by atoms with Crippen LogP contribution in [0.15, 0.2) is 0 Å². The Labute approximate surface area is 96.8 Å². The molecule has 0 aromatic heterocycles. The van der Waals surface area contributed by atoms with Crippen molar-refractivity contribution >= 4 is 12.6 Å². The largest absolute Gasteiger partial charge is 1.00 e. The van der Waals surface area contributed by atoms with Gasteiger partial charge in [0.15, 0.2) is 0 Å². The molecule has 3 aliphatic carbocycles. The van der Waals surface area contributed by atoms with E-state index in [-0.39, 0.29) is 27.1 Å². The maximum absolute atomic E-state index is 5.60. The molecule has 0 saturated heterocycles. The Morgan fingerprint density at radius 1 is 1.25 bits per heavy atom. The molecule has 2 bridgehead atoms. The average molecular weight is 277 g/mol. The van der Waals surface area contributed by atoms with E-state index in [1.165, 1.54) is 19.3 Å². The molecule has 0 aliphatic heterocycles. The van der Waals surface area contributed by atoms with Crippen LogP contribution in [0, 0.1) is 17.3 Å². The average Bonchev–Trinajstić information content (AvgIpc) is 1.84. The van der Waals surface area contributed by atoms with Crippen molar-refractivity contribution in [1.82, 2.24) is 0 Å². The zero-order valence-corrected chi connectivity index (χ0v) is 10.3. The molecule has 0 spiro atoms. The van der Waals surface area contributed by atoms with Crippen LogP contribution < -0.4 is 0 Å². The Hall–Kier alpha value is 1.09. The van der Waals surface area contributed by atoms with E-state index < -0.39 is 0 Å². The Kier molecular flexibility index (Phi) is 2.84. The van der Waals surface area contributed by atoms with Gasteiger partial charge in [0.1, 0.15) is 0 Å². The van der Waals surface area contributed by atoms with Gasteiger partial charge in [0.2, 0.25) is 0 Å². The van der Waals surface area contributed by atoms with E-state index in [1.807, 2.05) is 0 Å². The van der Waals surface area contributed by atoms with E-state index in [0.717, 1.165) is 11.8 Å². The second-order valence-corrected chi connectivity index (χ2v) is 6.09. The van der Waals surface area contributed by atoms with Crippen molar-refractivity contribution in [3.63, 3.8) is 0 Å². The summed E-state index contributed by atoms with van der Waals surface area (Å²) in [4.78, 5) is 0. The normalized spacial score (nSPS) is 49.0. The topological polar surface area (TPSA) is 0 Å². The van der Waals surface area contributed by atoms with Gasteiger partial charge in [0, 0.05) is 0 Å². The van der Waals surface area contributed by atoms with Crippen molar-refractivity contribution in [3.05, 3.63) is 0 Å². The first kappa shape index (κ1) is 11.2. The summed E-state index contributed by atoms with van der Waals surface area (Å²) >= 11 is 5.60. The van der Waals surface area contributed by atoms with Crippen LogP contribution in [0.5, 0.6) is 0 Å². The monoisotopic (exact) mass is 276 g/mol. The summed E-state index contributed by atoms with van der Waals surface area (Å²) in [6.07, 6.45) is 4.07. The van der Waals surface area contributed by atoms with Crippen molar-refractivity contribution in [2.45, 2.75) is 44.8 Å². The van der Waals surface area contributed by atoms with Crippen LogP contribution in [0.25, 0.3) is 0 Å². The van der Waals surface area contributed by atoms with Crippen LogP contribution in [-0.4, -0.2) is 4.75 Å². The SMILES string of the molecule is CC1([S-])CCC2CC1C2(C)C.[Ag+]. The van der Waals surface area contributed by atoms with Crippen molar-refractivity contribution in [1.29, 1.82) is 0 Å². The van der Waals surface area contributed by atoms with Gasteiger partial charge in [-0.05, 0) is 17.8 Å². The minimum atomic E-state index is 0. The zero-order valence-electron chi connectivity index (χ0n) is 7.99. The molecule has 3 rings (SSSR count). The van der Waals surface area contributed by atoms with Gasteiger partial charge in [0.25, 0.3) is 0 Å². The summed E-state index contributed by atoms with van der Waals surface area (Å²) in [7, 11) is 0. The molecule has 3 aliphatic rings. The molecule has 3 saturated carbocycles. The predicted molar refractivity (Wildman–Crippen MR) is 50.4 cm³/mol. The van der Waals surface area contributed by atoms with Crippen molar-refractivity contribution in [2.24, 2.45) is 17.3 Å².